The Morgan fingerprint density at radius 2 is 1.85 bits per heavy atom. The quantitative estimate of drug-likeness (QED) is 0.694. The molecule has 0 aliphatic carbocycles. The topological polar surface area (TPSA) is 84.5 Å². The molecule has 0 bridgehead atoms. The Morgan fingerprint density at radius 1 is 1.19 bits per heavy atom. The largest absolute Gasteiger partial charge is 0.482 e. The summed E-state index contributed by atoms with van der Waals surface area (Å²) in [7, 11) is -3.79. The molecule has 2 N–H and O–H groups in total. The van der Waals surface area contributed by atoms with Gasteiger partial charge in [0.05, 0.1) is 9.92 Å². The number of nitrogens with one attached hydrogen (secondary N) is 2. The van der Waals surface area contributed by atoms with Gasteiger partial charge >= 0.3 is 0 Å². The molecule has 0 saturated carbocycles. The molecule has 0 aliphatic heterocycles. The average molecular weight is 411 g/mol. The van der Waals surface area contributed by atoms with E-state index in [1.807, 2.05) is 32.9 Å². The molecule has 8 heteroatoms. The molecule has 0 saturated heterocycles. The van der Waals surface area contributed by atoms with Crippen molar-refractivity contribution < 1.29 is 17.9 Å². The highest BCUT2D eigenvalue weighted by atomic mass is 35.5. The van der Waals surface area contributed by atoms with Crippen molar-refractivity contribution in [2.24, 2.45) is 0 Å². The summed E-state index contributed by atoms with van der Waals surface area (Å²) in [6, 6.07) is 11.1. The number of aryl methyl sites for hydroxylation is 1. The summed E-state index contributed by atoms with van der Waals surface area (Å²) in [5.41, 5.74) is 1.48. The second kappa shape index (κ2) is 9.10. The van der Waals surface area contributed by atoms with Crippen LogP contribution < -0.4 is 14.8 Å². The second-order valence-electron chi connectivity index (χ2n) is 6.23. The van der Waals surface area contributed by atoms with Crippen molar-refractivity contribution in [1.29, 1.82) is 0 Å². The van der Waals surface area contributed by atoms with E-state index in [4.69, 9.17) is 16.3 Å². The summed E-state index contributed by atoms with van der Waals surface area (Å²) < 4.78 is 32.9. The lowest BCUT2D eigenvalue weighted by Gasteiger charge is -2.13. The smallest absolute Gasteiger partial charge is 0.261 e. The van der Waals surface area contributed by atoms with Crippen molar-refractivity contribution >= 4 is 33.2 Å². The van der Waals surface area contributed by atoms with Crippen LogP contribution in [0.5, 0.6) is 5.75 Å². The highest BCUT2D eigenvalue weighted by Crippen LogP contribution is 2.28. The molecule has 2 aromatic carbocycles. The Bertz CT molecular complexity index is 898. The van der Waals surface area contributed by atoms with Crippen molar-refractivity contribution in [3.8, 4) is 5.75 Å². The Hall–Kier alpha value is -2.25. The van der Waals surface area contributed by atoms with Crippen LogP contribution in [0.4, 0.5) is 5.69 Å². The molecule has 0 heterocycles. The number of benzene rings is 2. The van der Waals surface area contributed by atoms with Crippen LogP contribution in [0, 0.1) is 6.92 Å². The normalized spacial score (nSPS) is 12.3. The number of hydrogen-bond donors (Lipinski definition) is 2. The van der Waals surface area contributed by atoms with E-state index in [-0.39, 0.29) is 34.2 Å². The molecule has 6 nitrogen and oxygen atoms in total. The molecule has 0 unspecified atom stereocenters. The van der Waals surface area contributed by atoms with Crippen LogP contribution in [0.3, 0.4) is 0 Å². The monoisotopic (exact) mass is 410 g/mol. The van der Waals surface area contributed by atoms with Crippen molar-refractivity contribution in [2.45, 2.75) is 38.1 Å². The molecular weight excluding hydrogens is 388 g/mol. The van der Waals surface area contributed by atoms with E-state index >= 15 is 0 Å². The van der Waals surface area contributed by atoms with Crippen LogP contribution in [0.2, 0.25) is 5.02 Å². The zero-order chi connectivity index (χ0) is 20.0. The summed E-state index contributed by atoms with van der Waals surface area (Å²) in [5, 5.41) is 2.88. The summed E-state index contributed by atoms with van der Waals surface area (Å²) in [6.45, 7) is 5.58. The van der Waals surface area contributed by atoms with Gasteiger partial charge in [-0.05, 0) is 50.6 Å². The van der Waals surface area contributed by atoms with Gasteiger partial charge in [-0.15, -0.1) is 0 Å². The van der Waals surface area contributed by atoms with E-state index in [2.05, 4.69) is 10.0 Å². The predicted octanol–water partition coefficient (Wildman–Crippen LogP) is 3.74. The molecular formula is C19H23ClN2O4S. The highest BCUT2D eigenvalue weighted by molar-refractivity contribution is 7.92. The fraction of sp³-hybridized carbons (Fsp3) is 0.316. The SMILES string of the molecule is CC[C@H](C)NC(=O)COc1ccc(S(=O)(=O)Nc2ccc(C)cc2)cc1Cl. The number of halogens is 1. The molecule has 1 atom stereocenters. The van der Waals surface area contributed by atoms with Crippen LogP contribution >= 0.6 is 11.6 Å². The zero-order valence-electron chi connectivity index (χ0n) is 15.5. The molecule has 0 aromatic heterocycles. The maximum absolute atomic E-state index is 12.5. The van der Waals surface area contributed by atoms with Gasteiger partial charge in [-0.2, -0.15) is 0 Å². The van der Waals surface area contributed by atoms with Gasteiger partial charge in [0.15, 0.2) is 6.61 Å². The van der Waals surface area contributed by atoms with E-state index in [9.17, 15) is 13.2 Å². The van der Waals surface area contributed by atoms with Crippen molar-refractivity contribution in [3.05, 3.63) is 53.1 Å². The third-order valence-corrected chi connectivity index (χ3v) is 5.57. The number of ether oxygens (including phenoxy) is 1. The molecule has 146 valence electrons. The van der Waals surface area contributed by atoms with E-state index in [1.54, 1.807) is 12.1 Å². The Morgan fingerprint density at radius 3 is 2.44 bits per heavy atom. The minimum Gasteiger partial charge on any atom is -0.482 e. The van der Waals surface area contributed by atoms with E-state index < -0.39 is 10.0 Å². The molecule has 0 radical (unpaired) electrons. The Kier molecular flexibility index (Phi) is 7.10. The fourth-order valence-electron chi connectivity index (χ4n) is 2.16. The van der Waals surface area contributed by atoms with Gasteiger partial charge < -0.3 is 10.1 Å². The van der Waals surface area contributed by atoms with Crippen LogP contribution in [-0.2, 0) is 14.8 Å². The first-order chi connectivity index (χ1) is 12.7. The van der Waals surface area contributed by atoms with Gasteiger partial charge in [0, 0.05) is 11.7 Å². The number of rotatable bonds is 8. The van der Waals surface area contributed by atoms with Gasteiger partial charge in [0.25, 0.3) is 15.9 Å². The summed E-state index contributed by atoms with van der Waals surface area (Å²) in [4.78, 5) is 11.8. The van der Waals surface area contributed by atoms with Crippen molar-refractivity contribution in [1.82, 2.24) is 5.32 Å². The van der Waals surface area contributed by atoms with Crippen molar-refractivity contribution in [3.63, 3.8) is 0 Å². The van der Waals surface area contributed by atoms with Crippen LogP contribution in [0.15, 0.2) is 47.4 Å². The lowest BCUT2D eigenvalue weighted by Crippen LogP contribution is -2.35. The molecule has 1 amide bonds. The summed E-state index contributed by atoms with van der Waals surface area (Å²) in [6.07, 6.45) is 0.813. The highest BCUT2D eigenvalue weighted by Gasteiger charge is 2.17. The van der Waals surface area contributed by atoms with Crippen molar-refractivity contribution in [2.75, 3.05) is 11.3 Å². The average Bonchev–Trinajstić information content (AvgIpc) is 2.62. The molecule has 27 heavy (non-hydrogen) atoms. The van der Waals surface area contributed by atoms with E-state index in [1.165, 1.54) is 18.2 Å². The minimum atomic E-state index is -3.79. The van der Waals surface area contributed by atoms with Crippen LogP contribution in [0.1, 0.15) is 25.8 Å². The summed E-state index contributed by atoms with van der Waals surface area (Å²) >= 11 is 6.13. The van der Waals surface area contributed by atoms with Gasteiger partial charge in [-0.1, -0.05) is 36.2 Å². The molecule has 2 aromatic rings. The maximum Gasteiger partial charge on any atom is 0.261 e. The number of carbonyl (C=O) groups is 1. The Balaban J connectivity index is 2.06. The predicted molar refractivity (Wildman–Crippen MR) is 107 cm³/mol. The van der Waals surface area contributed by atoms with Gasteiger partial charge in [-0.3, -0.25) is 9.52 Å². The lowest BCUT2D eigenvalue weighted by atomic mass is 10.2. The number of hydrogen-bond acceptors (Lipinski definition) is 4. The third-order valence-electron chi connectivity index (χ3n) is 3.90. The third kappa shape index (κ3) is 6.15. The number of carbonyl (C=O) groups excluding carboxylic acids is 1. The maximum atomic E-state index is 12.5. The van der Waals surface area contributed by atoms with Gasteiger partial charge in [-0.25, -0.2) is 8.42 Å². The first kappa shape index (κ1) is 21.1. The second-order valence-corrected chi connectivity index (χ2v) is 8.32. The molecule has 2 rings (SSSR count). The zero-order valence-corrected chi connectivity index (χ0v) is 17.0. The van der Waals surface area contributed by atoms with E-state index in [0.717, 1.165) is 12.0 Å². The number of amides is 1. The van der Waals surface area contributed by atoms with E-state index in [0.29, 0.717) is 5.69 Å². The fourth-order valence-corrected chi connectivity index (χ4v) is 3.55. The summed E-state index contributed by atoms with van der Waals surface area (Å²) in [5.74, 6) is -0.0246. The lowest BCUT2D eigenvalue weighted by molar-refractivity contribution is -0.123. The molecule has 0 aliphatic rings. The van der Waals surface area contributed by atoms with Crippen LogP contribution in [0.25, 0.3) is 0 Å². The molecule has 0 spiro atoms. The van der Waals surface area contributed by atoms with Gasteiger partial charge in [0.2, 0.25) is 0 Å². The standard InChI is InChI=1S/C19H23ClN2O4S/c1-4-14(3)21-19(23)12-26-18-10-9-16(11-17(18)20)27(24,25)22-15-7-5-13(2)6-8-15/h5-11,14,22H,4,12H2,1-3H3,(H,21,23)/t14-/m0/s1. The first-order valence-corrected chi connectivity index (χ1v) is 10.4. The number of sulfonamides is 1. The van der Waals surface area contributed by atoms with Gasteiger partial charge in [0.1, 0.15) is 5.75 Å². The first-order valence-electron chi connectivity index (χ1n) is 8.52. The number of anilines is 1. The minimum absolute atomic E-state index is 0.00415. The Labute approximate surface area is 164 Å². The van der Waals surface area contributed by atoms with Crippen LogP contribution in [-0.4, -0.2) is 27.0 Å². The molecule has 0 fully saturated rings.